The van der Waals surface area contributed by atoms with Crippen molar-refractivity contribution in [2.45, 2.75) is 0 Å². The van der Waals surface area contributed by atoms with Gasteiger partial charge in [-0.15, -0.1) is 10.8 Å². The highest BCUT2D eigenvalue weighted by molar-refractivity contribution is 5.32. The lowest BCUT2D eigenvalue weighted by Crippen LogP contribution is -1.45. The Hall–Kier alpha value is -1.39. The van der Waals surface area contributed by atoms with Gasteiger partial charge in [0.25, 0.3) is 0 Å². The first kappa shape index (κ1) is 5.61. The second-order valence-corrected chi connectivity index (χ2v) is 0.614. The minimum atomic E-state index is 1.08. The van der Waals surface area contributed by atoms with E-state index in [9.17, 15) is 4.39 Å². The molecule has 0 aliphatic rings. The van der Waals surface area contributed by atoms with Crippen molar-refractivity contribution in [3.05, 3.63) is 0 Å². The topological polar surface area (TPSA) is 0 Å². The quantitative estimate of drug-likeness (QED) is 0.383. The zero-order valence-corrected chi connectivity index (χ0v) is 3.46. The van der Waals surface area contributed by atoms with Crippen LogP contribution in [0, 0.1) is 36.3 Å². The van der Waals surface area contributed by atoms with Gasteiger partial charge in [-0.05, 0) is 11.8 Å². The Morgan fingerprint density at radius 3 is 2.29 bits per heavy atom. The molecule has 0 heterocycles. The van der Waals surface area contributed by atoms with Gasteiger partial charge in [0.05, 0.1) is 0 Å². The normalized spacial score (nSPS) is 3.43. The molecule has 0 radical (unpaired) electrons. The SMILES string of the molecule is C#CC#CC#CF. The van der Waals surface area contributed by atoms with Crippen LogP contribution >= 0.6 is 0 Å². The van der Waals surface area contributed by atoms with Crippen LogP contribution in [-0.2, 0) is 0 Å². The van der Waals surface area contributed by atoms with E-state index in [0.29, 0.717) is 0 Å². The Morgan fingerprint density at radius 2 is 1.86 bits per heavy atom. The fourth-order valence-corrected chi connectivity index (χ4v) is 0.0910. The summed E-state index contributed by atoms with van der Waals surface area (Å²) in [5.74, 6) is 7.98. The Kier molecular flexibility index (Phi) is 3.69. The van der Waals surface area contributed by atoms with Gasteiger partial charge >= 0.3 is 0 Å². The monoisotopic (exact) mass is 92.0 g/mol. The van der Waals surface area contributed by atoms with Crippen molar-refractivity contribution in [2.75, 3.05) is 0 Å². The molecule has 0 amide bonds. The first-order valence-electron chi connectivity index (χ1n) is 1.48. The molecule has 0 saturated carbocycles. The van der Waals surface area contributed by atoms with Crippen LogP contribution in [0.1, 0.15) is 0 Å². The highest BCUT2D eigenvalue weighted by atomic mass is 19.1. The smallest absolute Gasteiger partial charge is 0.119 e. The molecular weight excluding hydrogens is 91.1 g/mol. The standard InChI is InChI=1S/C6HF/c1-2-3-4-5-6-7/h1H. The molecule has 0 rings (SSSR count). The predicted molar refractivity (Wildman–Crippen MR) is 25.5 cm³/mol. The van der Waals surface area contributed by atoms with E-state index in [1.54, 1.807) is 0 Å². The van der Waals surface area contributed by atoms with E-state index < -0.39 is 0 Å². The van der Waals surface area contributed by atoms with Crippen LogP contribution in [0.25, 0.3) is 0 Å². The molecule has 7 heavy (non-hydrogen) atoms. The molecule has 0 unspecified atom stereocenters. The third kappa shape index (κ3) is 4.61. The molecule has 0 aromatic heterocycles. The van der Waals surface area contributed by atoms with E-state index in [4.69, 9.17) is 0 Å². The van der Waals surface area contributed by atoms with Crippen LogP contribution in [0.15, 0.2) is 0 Å². The van der Waals surface area contributed by atoms with Crippen molar-refractivity contribution in [1.82, 2.24) is 0 Å². The second-order valence-electron chi connectivity index (χ2n) is 0.614. The van der Waals surface area contributed by atoms with E-state index in [1.165, 1.54) is 0 Å². The lowest BCUT2D eigenvalue weighted by atomic mass is 10.6. The minimum absolute atomic E-state index is 1.08. The number of halogens is 1. The maximum absolute atomic E-state index is 10.8. The summed E-state index contributed by atoms with van der Waals surface area (Å²) in [7, 11) is 0. The molecule has 0 saturated heterocycles. The maximum atomic E-state index is 10.8. The van der Waals surface area contributed by atoms with Crippen LogP contribution in [0.5, 0.6) is 0 Å². The molecule has 0 aliphatic carbocycles. The average molecular weight is 92.1 g/mol. The van der Waals surface area contributed by atoms with Crippen LogP contribution in [0.3, 0.4) is 0 Å². The fourth-order valence-electron chi connectivity index (χ4n) is 0.0910. The molecule has 1 heteroatoms. The fraction of sp³-hybridized carbons (Fsp3) is 0. The summed E-state index contributed by atoms with van der Waals surface area (Å²) in [5, 5.41) is 0. The summed E-state index contributed by atoms with van der Waals surface area (Å²) >= 11 is 0. The Bertz CT molecular complexity index is 186. The third-order valence-corrected chi connectivity index (χ3v) is 0.244. The van der Waals surface area contributed by atoms with Crippen molar-refractivity contribution in [3.8, 4) is 36.3 Å². The van der Waals surface area contributed by atoms with E-state index in [2.05, 4.69) is 18.3 Å². The molecule has 0 fully saturated rings. The molecule has 0 aromatic rings. The van der Waals surface area contributed by atoms with Crippen LogP contribution in [0.4, 0.5) is 4.39 Å². The van der Waals surface area contributed by atoms with Gasteiger partial charge in [0.15, 0.2) is 0 Å². The first-order valence-corrected chi connectivity index (χ1v) is 1.48. The van der Waals surface area contributed by atoms with Gasteiger partial charge in [0.2, 0.25) is 0 Å². The van der Waals surface area contributed by atoms with Crippen molar-refractivity contribution in [3.63, 3.8) is 0 Å². The van der Waals surface area contributed by atoms with E-state index in [1.807, 2.05) is 11.8 Å². The summed E-state index contributed by atoms with van der Waals surface area (Å²) in [6.07, 6.45) is 5.74. The lowest BCUT2D eigenvalue weighted by Gasteiger charge is -1.46. The third-order valence-electron chi connectivity index (χ3n) is 0.244. The van der Waals surface area contributed by atoms with Crippen molar-refractivity contribution >= 4 is 0 Å². The molecule has 0 nitrogen and oxygen atoms in total. The van der Waals surface area contributed by atoms with E-state index in [0.717, 1.165) is 6.17 Å². The number of hydrogen-bond donors (Lipinski definition) is 0. The van der Waals surface area contributed by atoms with Crippen LogP contribution in [-0.4, -0.2) is 0 Å². The van der Waals surface area contributed by atoms with Crippen molar-refractivity contribution in [1.29, 1.82) is 0 Å². The van der Waals surface area contributed by atoms with Gasteiger partial charge in [0.1, 0.15) is 6.17 Å². The minimum Gasteiger partial charge on any atom is -0.143 e. The van der Waals surface area contributed by atoms with Gasteiger partial charge in [-0.1, -0.05) is 0 Å². The average Bonchev–Trinajstić information content (AvgIpc) is 1.69. The largest absolute Gasteiger partial charge is 0.143 e. The molecule has 0 N–H and O–H groups in total. The molecule has 0 aromatic carbocycles. The summed E-state index contributed by atoms with van der Waals surface area (Å²) in [6, 6.07) is 0. The van der Waals surface area contributed by atoms with Gasteiger partial charge < -0.3 is 0 Å². The zero-order chi connectivity index (χ0) is 5.54. The van der Waals surface area contributed by atoms with Gasteiger partial charge in [-0.3, -0.25) is 0 Å². The molecule has 0 atom stereocenters. The second kappa shape index (κ2) is 4.61. The zero-order valence-electron chi connectivity index (χ0n) is 3.46. The van der Waals surface area contributed by atoms with Crippen LogP contribution < -0.4 is 0 Å². The number of terminal acetylenes is 1. The van der Waals surface area contributed by atoms with E-state index in [-0.39, 0.29) is 0 Å². The summed E-state index contributed by atoms with van der Waals surface area (Å²) in [4.78, 5) is 0. The van der Waals surface area contributed by atoms with Gasteiger partial charge in [0, 0.05) is 11.8 Å². The maximum Gasteiger partial charge on any atom is 0.119 e. The summed E-state index contributed by atoms with van der Waals surface area (Å²) < 4.78 is 10.8. The van der Waals surface area contributed by atoms with Gasteiger partial charge in [-0.25, -0.2) is 0 Å². The molecule has 0 bridgehead atoms. The van der Waals surface area contributed by atoms with Gasteiger partial charge in [-0.2, -0.15) is 0 Å². The van der Waals surface area contributed by atoms with Crippen molar-refractivity contribution in [2.24, 2.45) is 0 Å². The Labute approximate surface area is 41.7 Å². The molecule has 0 aliphatic heterocycles. The number of hydrogen-bond acceptors (Lipinski definition) is 0. The first-order chi connectivity index (χ1) is 3.41. The Morgan fingerprint density at radius 1 is 1.14 bits per heavy atom. The van der Waals surface area contributed by atoms with E-state index >= 15 is 0 Å². The summed E-state index contributed by atoms with van der Waals surface area (Å²) in [6.45, 7) is 0. The summed E-state index contributed by atoms with van der Waals surface area (Å²) in [5.41, 5.74) is 0. The number of rotatable bonds is 0. The van der Waals surface area contributed by atoms with Crippen LogP contribution in [0.2, 0.25) is 0 Å². The molecule has 32 valence electrons. The molecular formula is C6HF. The predicted octanol–water partition coefficient (Wildman–Crippen LogP) is 0.553. The van der Waals surface area contributed by atoms with Crippen molar-refractivity contribution < 1.29 is 4.39 Å². The highest BCUT2D eigenvalue weighted by Crippen LogP contribution is 1.51. The Balaban J connectivity index is 3.68. The lowest BCUT2D eigenvalue weighted by molar-refractivity contribution is 0.774. The highest BCUT2D eigenvalue weighted by Gasteiger charge is 1.48. The molecule has 0 spiro atoms.